The number of aromatic nitrogens is 2. The summed E-state index contributed by atoms with van der Waals surface area (Å²) in [5.74, 6) is -2.90. The zero-order valence-electron chi connectivity index (χ0n) is 22.7. The number of rotatable bonds is 9. The van der Waals surface area contributed by atoms with E-state index in [1.165, 1.54) is 35.9 Å². The van der Waals surface area contributed by atoms with Gasteiger partial charge in [0.2, 0.25) is 5.91 Å². The predicted molar refractivity (Wildman–Crippen MR) is 149 cm³/mol. The number of carboxylic acid groups (broad SMARTS) is 1. The lowest BCUT2D eigenvalue weighted by atomic mass is 9.90. The molecule has 0 fully saturated rings. The number of benzene rings is 2. The van der Waals surface area contributed by atoms with Crippen molar-refractivity contribution in [2.24, 2.45) is 5.92 Å². The number of hydrogen-bond donors (Lipinski definition) is 2. The van der Waals surface area contributed by atoms with Gasteiger partial charge in [-0.2, -0.15) is 0 Å². The van der Waals surface area contributed by atoms with Crippen LogP contribution in [-0.4, -0.2) is 26.5 Å². The van der Waals surface area contributed by atoms with Gasteiger partial charge >= 0.3 is 5.97 Å². The molecule has 39 heavy (non-hydrogen) atoms. The highest BCUT2D eigenvalue weighted by atomic mass is 79.9. The van der Waals surface area contributed by atoms with Crippen LogP contribution in [-0.2, 0) is 9.59 Å². The molecule has 0 aliphatic rings. The Labute approximate surface area is 234 Å². The van der Waals surface area contributed by atoms with E-state index in [9.17, 15) is 23.9 Å². The summed E-state index contributed by atoms with van der Waals surface area (Å²) >= 11 is 3.26. The van der Waals surface area contributed by atoms with E-state index in [0.29, 0.717) is 26.9 Å². The van der Waals surface area contributed by atoms with Gasteiger partial charge in [-0.15, -0.1) is 0 Å². The van der Waals surface area contributed by atoms with E-state index in [2.05, 4.69) is 26.2 Å². The minimum atomic E-state index is -1.24. The third-order valence-corrected chi connectivity index (χ3v) is 6.92. The summed E-state index contributed by atoms with van der Waals surface area (Å²) in [5, 5.41) is 12.4. The van der Waals surface area contributed by atoms with Crippen LogP contribution in [0.3, 0.4) is 0 Å². The van der Waals surface area contributed by atoms with E-state index < -0.39 is 47.6 Å². The normalized spacial score (nSPS) is 12.9. The molecule has 2 atom stereocenters. The molecule has 0 saturated carbocycles. The summed E-state index contributed by atoms with van der Waals surface area (Å²) in [6.45, 7) is 10.3. The number of amides is 1. The van der Waals surface area contributed by atoms with Gasteiger partial charge in [0.1, 0.15) is 28.0 Å². The van der Waals surface area contributed by atoms with Gasteiger partial charge in [-0.25, -0.2) is 13.8 Å². The molecule has 0 bridgehead atoms. The highest BCUT2D eigenvalue weighted by Gasteiger charge is 2.29. The Bertz CT molecular complexity index is 1460. The summed E-state index contributed by atoms with van der Waals surface area (Å²) in [7, 11) is 0. The van der Waals surface area contributed by atoms with Crippen molar-refractivity contribution < 1.29 is 23.5 Å². The maximum Gasteiger partial charge on any atom is 0.305 e. The molecule has 10 heteroatoms. The molecule has 1 amide bonds. The van der Waals surface area contributed by atoms with Crippen molar-refractivity contribution in [3.8, 4) is 11.1 Å². The molecular weight excluding hydrogens is 572 g/mol. The third kappa shape index (κ3) is 6.98. The molecule has 208 valence electrons. The number of hydrogen-bond acceptors (Lipinski definition) is 4. The number of aryl methyl sites for hydroxylation is 4. The van der Waals surface area contributed by atoms with Crippen molar-refractivity contribution in [3.05, 3.63) is 85.0 Å². The van der Waals surface area contributed by atoms with Gasteiger partial charge in [0.25, 0.3) is 5.56 Å². The molecule has 2 N–H and O–H groups in total. The second-order valence-electron chi connectivity index (χ2n) is 10.3. The highest BCUT2D eigenvalue weighted by Crippen LogP contribution is 2.34. The number of nitrogens with one attached hydrogen (secondary N) is 1. The molecule has 0 spiro atoms. The second kappa shape index (κ2) is 12.2. The average Bonchev–Trinajstić information content (AvgIpc) is 2.80. The lowest BCUT2D eigenvalue weighted by Gasteiger charge is -2.26. The van der Waals surface area contributed by atoms with Crippen molar-refractivity contribution in [3.63, 3.8) is 0 Å². The van der Waals surface area contributed by atoms with E-state index in [4.69, 9.17) is 0 Å². The summed E-state index contributed by atoms with van der Waals surface area (Å²) in [6.07, 6.45) is 1.10. The number of nitrogens with zero attached hydrogens (tertiary/aromatic N) is 2. The van der Waals surface area contributed by atoms with Gasteiger partial charge in [0, 0.05) is 11.8 Å². The molecule has 7 nitrogen and oxygen atoms in total. The van der Waals surface area contributed by atoms with Crippen LogP contribution in [0.1, 0.15) is 66.7 Å². The van der Waals surface area contributed by atoms with Crippen LogP contribution < -0.4 is 10.9 Å². The summed E-state index contributed by atoms with van der Waals surface area (Å²) in [6, 6.07) is 3.65. The largest absolute Gasteiger partial charge is 0.481 e. The Morgan fingerprint density at radius 1 is 1.05 bits per heavy atom. The van der Waals surface area contributed by atoms with Gasteiger partial charge < -0.3 is 10.4 Å². The van der Waals surface area contributed by atoms with Crippen LogP contribution in [0.15, 0.2) is 39.9 Å². The van der Waals surface area contributed by atoms with Crippen molar-refractivity contribution >= 4 is 27.8 Å². The fraction of sp³-hybridized carbons (Fsp3) is 0.379. The van der Waals surface area contributed by atoms with Gasteiger partial charge in [0.05, 0.1) is 12.5 Å². The molecule has 3 rings (SSSR count). The number of aliphatic carboxylic acids is 1. The number of carbonyl (C=O) groups is 2. The van der Waals surface area contributed by atoms with Crippen LogP contribution in [0.25, 0.3) is 11.1 Å². The van der Waals surface area contributed by atoms with Crippen LogP contribution >= 0.6 is 15.9 Å². The van der Waals surface area contributed by atoms with Crippen molar-refractivity contribution in [1.29, 1.82) is 0 Å². The molecule has 0 aliphatic heterocycles. The molecule has 2 aromatic carbocycles. The Morgan fingerprint density at radius 3 is 2.23 bits per heavy atom. The molecule has 1 heterocycles. The smallest absolute Gasteiger partial charge is 0.305 e. The topological polar surface area (TPSA) is 101 Å². The first-order valence-corrected chi connectivity index (χ1v) is 13.3. The fourth-order valence-corrected chi connectivity index (χ4v) is 5.35. The molecule has 0 saturated heterocycles. The Kier molecular flexibility index (Phi) is 9.43. The van der Waals surface area contributed by atoms with E-state index >= 15 is 4.39 Å². The van der Waals surface area contributed by atoms with E-state index in [1.54, 1.807) is 26.8 Å². The average molecular weight is 604 g/mol. The first-order chi connectivity index (χ1) is 18.2. The second-order valence-corrected chi connectivity index (χ2v) is 11.1. The third-order valence-electron chi connectivity index (χ3n) is 6.54. The number of carbonyl (C=O) groups excluding carboxylic acids is 1. The molecular formula is C29H32BrF2N3O4. The van der Waals surface area contributed by atoms with Crippen molar-refractivity contribution in [2.75, 3.05) is 0 Å². The lowest BCUT2D eigenvalue weighted by Crippen LogP contribution is -2.41. The molecule has 0 radical (unpaired) electrons. The standard InChI is InChI=1S/C29H32BrF2N3O4/c1-14(2)7-23(35-13-24(30)33-18(6)29(35)39)28(38)34-22(12-25(36)37)21-11-19(8-17(5)27(21)32)26-15(3)9-20(31)10-16(26)4/h8-11,13-14,22-23H,7,12H2,1-6H3,(H,34,38)(H,36,37)/t22-,23-/m0/s1. The molecule has 3 aromatic rings. The molecule has 1 aromatic heterocycles. The minimum absolute atomic E-state index is 0.00422. The monoisotopic (exact) mass is 603 g/mol. The van der Waals surface area contributed by atoms with Gasteiger partial charge in [-0.05, 0) is 108 Å². The Balaban J connectivity index is 2.13. The highest BCUT2D eigenvalue weighted by molar-refractivity contribution is 9.10. The Morgan fingerprint density at radius 2 is 1.67 bits per heavy atom. The molecule has 0 aliphatic carbocycles. The lowest BCUT2D eigenvalue weighted by molar-refractivity contribution is -0.138. The first-order valence-electron chi connectivity index (χ1n) is 12.5. The van der Waals surface area contributed by atoms with E-state index in [0.717, 1.165) is 0 Å². The van der Waals surface area contributed by atoms with Crippen LogP contribution in [0, 0.1) is 45.2 Å². The number of halogens is 3. The quantitative estimate of drug-likeness (QED) is 0.307. The van der Waals surface area contributed by atoms with Crippen LogP contribution in [0.4, 0.5) is 8.78 Å². The zero-order valence-corrected chi connectivity index (χ0v) is 24.3. The van der Waals surface area contributed by atoms with Gasteiger partial charge in [-0.3, -0.25) is 19.0 Å². The van der Waals surface area contributed by atoms with Gasteiger partial charge in [0.15, 0.2) is 0 Å². The summed E-state index contributed by atoms with van der Waals surface area (Å²) in [4.78, 5) is 42.5. The van der Waals surface area contributed by atoms with E-state index in [-0.39, 0.29) is 29.2 Å². The maximum absolute atomic E-state index is 15.5. The number of carboxylic acids is 1. The SMILES string of the molecule is Cc1cc(-c2c(C)cc(F)cc2C)cc([C@H](CC(=O)O)NC(=O)[C@H](CC(C)C)n2cc(Br)nc(C)c2=O)c1F. The first kappa shape index (κ1) is 30.1. The zero-order chi connectivity index (χ0) is 29.2. The van der Waals surface area contributed by atoms with E-state index in [1.807, 2.05) is 13.8 Å². The van der Waals surface area contributed by atoms with Crippen molar-refractivity contribution in [2.45, 2.75) is 66.5 Å². The van der Waals surface area contributed by atoms with Crippen LogP contribution in [0.2, 0.25) is 0 Å². The fourth-order valence-electron chi connectivity index (χ4n) is 4.86. The molecule has 0 unspecified atom stereocenters. The van der Waals surface area contributed by atoms with Crippen molar-refractivity contribution in [1.82, 2.24) is 14.9 Å². The maximum atomic E-state index is 15.5. The summed E-state index contributed by atoms with van der Waals surface area (Å²) < 4.78 is 31.1. The van der Waals surface area contributed by atoms with Crippen LogP contribution in [0.5, 0.6) is 0 Å². The van der Waals surface area contributed by atoms with Gasteiger partial charge in [-0.1, -0.05) is 13.8 Å². The predicted octanol–water partition coefficient (Wildman–Crippen LogP) is 6.10. The summed E-state index contributed by atoms with van der Waals surface area (Å²) in [5.41, 5.74) is 2.52. The Hall–Kier alpha value is -3.40. The minimum Gasteiger partial charge on any atom is -0.481 e.